The summed E-state index contributed by atoms with van der Waals surface area (Å²) in [6.45, 7) is 4.29. The first kappa shape index (κ1) is 11.6. The summed E-state index contributed by atoms with van der Waals surface area (Å²) < 4.78 is 0. The van der Waals surface area contributed by atoms with Crippen LogP contribution in [0, 0.1) is 0 Å². The van der Waals surface area contributed by atoms with Crippen molar-refractivity contribution in [2.75, 3.05) is 11.9 Å². The Morgan fingerprint density at radius 2 is 2.41 bits per heavy atom. The molecule has 0 saturated carbocycles. The summed E-state index contributed by atoms with van der Waals surface area (Å²) in [5, 5.41) is 12.2. The monoisotopic (exact) mass is 232 g/mol. The molecule has 4 nitrogen and oxygen atoms in total. The molecule has 0 saturated heterocycles. The molecule has 4 heteroatoms. The number of rotatable bonds is 5. The normalized spacial score (nSPS) is 13.2. The van der Waals surface area contributed by atoms with Gasteiger partial charge in [0, 0.05) is 12.2 Å². The number of aromatic nitrogens is 1. The van der Waals surface area contributed by atoms with E-state index in [9.17, 15) is 4.79 Å². The van der Waals surface area contributed by atoms with Crippen molar-refractivity contribution in [1.82, 2.24) is 4.98 Å². The van der Waals surface area contributed by atoms with Crippen molar-refractivity contribution in [3.63, 3.8) is 0 Å². The maximum absolute atomic E-state index is 11.2. The third kappa shape index (κ3) is 2.46. The number of anilines is 1. The molecule has 17 heavy (non-hydrogen) atoms. The van der Waals surface area contributed by atoms with Gasteiger partial charge in [-0.3, -0.25) is 0 Å². The molecule has 0 amide bonds. The zero-order valence-corrected chi connectivity index (χ0v) is 9.70. The Bertz CT molecular complexity index is 455. The second-order valence-electron chi connectivity index (χ2n) is 4.15. The third-order valence-corrected chi connectivity index (χ3v) is 2.92. The standard InChI is InChI=1S/C13H16N2O2/c1-2-3-7-14-12-10(13(16)17)8-9-5-4-6-11(9)15-12/h2,8H,1,3-7H2,(H,14,15)(H,16,17). The van der Waals surface area contributed by atoms with E-state index in [4.69, 9.17) is 5.11 Å². The lowest BCUT2D eigenvalue weighted by molar-refractivity contribution is 0.0697. The Morgan fingerprint density at radius 3 is 3.12 bits per heavy atom. The minimum atomic E-state index is -0.923. The Kier molecular flexibility index (Phi) is 3.42. The quantitative estimate of drug-likeness (QED) is 0.603. The SMILES string of the molecule is C=CCCNc1nc2c(cc1C(=O)O)CCC2. The fourth-order valence-electron chi connectivity index (χ4n) is 2.06. The fourth-order valence-corrected chi connectivity index (χ4v) is 2.06. The number of nitrogens with one attached hydrogen (secondary N) is 1. The highest BCUT2D eigenvalue weighted by Crippen LogP contribution is 2.25. The average Bonchev–Trinajstić information content (AvgIpc) is 2.75. The highest BCUT2D eigenvalue weighted by Gasteiger charge is 2.19. The highest BCUT2D eigenvalue weighted by molar-refractivity contribution is 5.93. The van der Waals surface area contributed by atoms with Crippen LogP contribution in [0.5, 0.6) is 0 Å². The number of fused-ring (bicyclic) bond motifs is 1. The van der Waals surface area contributed by atoms with Gasteiger partial charge in [-0.2, -0.15) is 0 Å². The molecule has 0 aliphatic heterocycles. The first-order valence-electron chi connectivity index (χ1n) is 5.83. The van der Waals surface area contributed by atoms with E-state index >= 15 is 0 Å². The van der Waals surface area contributed by atoms with Crippen molar-refractivity contribution in [2.24, 2.45) is 0 Å². The number of aryl methyl sites for hydroxylation is 2. The van der Waals surface area contributed by atoms with E-state index in [1.54, 1.807) is 12.1 Å². The number of hydrogen-bond acceptors (Lipinski definition) is 3. The van der Waals surface area contributed by atoms with E-state index in [1.807, 2.05) is 0 Å². The van der Waals surface area contributed by atoms with Gasteiger partial charge in [0.25, 0.3) is 0 Å². The molecule has 1 aliphatic rings. The lowest BCUT2D eigenvalue weighted by Crippen LogP contribution is -2.11. The van der Waals surface area contributed by atoms with Crippen LogP contribution >= 0.6 is 0 Å². The van der Waals surface area contributed by atoms with E-state index in [1.165, 1.54) is 0 Å². The molecule has 1 aromatic rings. The largest absolute Gasteiger partial charge is 0.478 e. The van der Waals surface area contributed by atoms with Gasteiger partial charge < -0.3 is 10.4 Å². The molecule has 0 atom stereocenters. The van der Waals surface area contributed by atoms with E-state index in [0.29, 0.717) is 12.4 Å². The number of hydrogen-bond donors (Lipinski definition) is 2. The van der Waals surface area contributed by atoms with Crippen LogP contribution in [0.3, 0.4) is 0 Å². The summed E-state index contributed by atoms with van der Waals surface area (Å²) in [4.78, 5) is 15.6. The number of nitrogens with zero attached hydrogens (tertiary/aromatic N) is 1. The van der Waals surface area contributed by atoms with Crippen LogP contribution in [0.2, 0.25) is 0 Å². The van der Waals surface area contributed by atoms with Gasteiger partial charge in [0.05, 0.1) is 0 Å². The molecule has 1 aromatic heterocycles. The van der Waals surface area contributed by atoms with Crippen molar-refractivity contribution < 1.29 is 9.90 Å². The van der Waals surface area contributed by atoms with Crippen molar-refractivity contribution in [3.05, 3.63) is 35.5 Å². The highest BCUT2D eigenvalue weighted by atomic mass is 16.4. The minimum absolute atomic E-state index is 0.273. The van der Waals surface area contributed by atoms with Gasteiger partial charge in [-0.05, 0) is 37.3 Å². The smallest absolute Gasteiger partial charge is 0.339 e. The first-order valence-corrected chi connectivity index (χ1v) is 5.83. The predicted molar refractivity (Wildman–Crippen MR) is 66.5 cm³/mol. The molecule has 0 aromatic carbocycles. The van der Waals surface area contributed by atoms with Crippen molar-refractivity contribution >= 4 is 11.8 Å². The topological polar surface area (TPSA) is 62.2 Å². The molecule has 2 N–H and O–H groups in total. The van der Waals surface area contributed by atoms with Crippen molar-refractivity contribution in [1.29, 1.82) is 0 Å². The molecule has 2 rings (SSSR count). The number of carboxylic acid groups (broad SMARTS) is 1. The maximum Gasteiger partial charge on any atom is 0.339 e. The molecular weight excluding hydrogens is 216 g/mol. The van der Waals surface area contributed by atoms with Gasteiger partial charge >= 0.3 is 5.97 Å². The van der Waals surface area contributed by atoms with Crippen LogP contribution in [0.15, 0.2) is 18.7 Å². The summed E-state index contributed by atoms with van der Waals surface area (Å²) >= 11 is 0. The molecule has 90 valence electrons. The maximum atomic E-state index is 11.2. The van der Waals surface area contributed by atoms with E-state index in [2.05, 4.69) is 16.9 Å². The first-order chi connectivity index (χ1) is 8.22. The molecule has 1 heterocycles. The minimum Gasteiger partial charge on any atom is -0.478 e. The van der Waals surface area contributed by atoms with Crippen LogP contribution in [-0.4, -0.2) is 22.6 Å². The number of aromatic carboxylic acids is 1. The van der Waals surface area contributed by atoms with E-state index in [0.717, 1.165) is 36.9 Å². The molecule has 0 bridgehead atoms. The lowest BCUT2D eigenvalue weighted by atomic mass is 10.1. The molecule has 0 spiro atoms. The van der Waals surface area contributed by atoms with Crippen molar-refractivity contribution in [3.8, 4) is 0 Å². The Balaban J connectivity index is 2.28. The summed E-state index contributed by atoms with van der Waals surface area (Å²) in [6.07, 6.45) is 5.54. The number of carbonyl (C=O) groups is 1. The van der Waals surface area contributed by atoms with Gasteiger partial charge in [0.15, 0.2) is 0 Å². The summed E-state index contributed by atoms with van der Waals surface area (Å²) in [7, 11) is 0. The predicted octanol–water partition coefficient (Wildman–Crippen LogP) is 2.26. The molecule has 1 aliphatic carbocycles. The second kappa shape index (κ2) is 4.99. The zero-order valence-electron chi connectivity index (χ0n) is 9.70. The zero-order chi connectivity index (χ0) is 12.3. The Labute approximate surface area is 100 Å². The van der Waals surface area contributed by atoms with Gasteiger partial charge in [-0.15, -0.1) is 6.58 Å². The number of carboxylic acids is 1. The summed E-state index contributed by atoms with van der Waals surface area (Å²) in [6, 6.07) is 1.76. The van der Waals surface area contributed by atoms with Gasteiger partial charge in [0.1, 0.15) is 11.4 Å². The molecule has 0 unspecified atom stereocenters. The van der Waals surface area contributed by atoms with Crippen LogP contribution in [-0.2, 0) is 12.8 Å². The third-order valence-electron chi connectivity index (χ3n) is 2.92. The second-order valence-corrected chi connectivity index (χ2v) is 4.15. The summed E-state index contributed by atoms with van der Waals surface area (Å²) in [5.41, 5.74) is 2.39. The van der Waals surface area contributed by atoms with Gasteiger partial charge in [0.2, 0.25) is 0 Å². The van der Waals surface area contributed by atoms with Gasteiger partial charge in [-0.25, -0.2) is 9.78 Å². The molecule has 0 radical (unpaired) electrons. The van der Waals surface area contributed by atoms with Crippen LogP contribution in [0.4, 0.5) is 5.82 Å². The average molecular weight is 232 g/mol. The van der Waals surface area contributed by atoms with Crippen LogP contribution in [0.1, 0.15) is 34.5 Å². The van der Waals surface area contributed by atoms with Crippen LogP contribution < -0.4 is 5.32 Å². The summed E-state index contributed by atoms with van der Waals surface area (Å²) in [5.74, 6) is -0.437. The Hall–Kier alpha value is -1.84. The van der Waals surface area contributed by atoms with Crippen LogP contribution in [0.25, 0.3) is 0 Å². The van der Waals surface area contributed by atoms with E-state index in [-0.39, 0.29) is 5.56 Å². The number of pyridine rings is 1. The molecule has 0 fully saturated rings. The lowest BCUT2D eigenvalue weighted by Gasteiger charge is -2.10. The van der Waals surface area contributed by atoms with Crippen molar-refractivity contribution in [2.45, 2.75) is 25.7 Å². The Morgan fingerprint density at radius 1 is 1.59 bits per heavy atom. The fraction of sp³-hybridized carbons (Fsp3) is 0.385. The van der Waals surface area contributed by atoms with Gasteiger partial charge in [-0.1, -0.05) is 6.08 Å². The van der Waals surface area contributed by atoms with E-state index < -0.39 is 5.97 Å². The molecular formula is C13H16N2O2.